The molecular weight excluding hydrogens is 355 g/mol. The fourth-order valence-electron chi connectivity index (χ4n) is 2.84. The van der Waals surface area contributed by atoms with Gasteiger partial charge in [-0.2, -0.15) is 0 Å². The molecular formula is C19H15FN2O3S. The number of carbonyl (C=O) groups excluding carboxylic acids is 2. The molecule has 26 heavy (non-hydrogen) atoms. The lowest BCUT2D eigenvalue weighted by atomic mass is 10.0. The van der Waals surface area contributed by atoms with Gasteiger partial charge in [-0.05, 0) is 55.3 Å². The maximum atomic E-state index is 14.3. The number of benzene rings is 1. The van der Waals surface area contributed by atoms with Crippen molar-refractivity contribution in [3.05, 3.63) is 58.4 Å². The third-order valence-corrected chi connectivity index (χ3v) is 5.25. The Morgan fingerprint density at radius 1 is 1.23 bits per heavy atom. The Bertz CT molecular complexity index is 1020. The summed E-state index contributed by atoms with van der Waals surface area (Å²) in [4.78, 5) is 25.2. The second-order valence-corrected chi connectivity index (χ2v) is 7.15. The smallest absolute Gasteiger partial charge is 0.265 e. The molecule has 0 bridgehead atoms. The molecule has 0 saturated heterocycles. The van der Waals surface area contributed by atoms with Crippen LogP contribution in [0.1, 0.15) is 27.4 Å². The van der Waals surface area contributed by atoms with Gasteiger partial charge in [-0.1, -0.05) is 0 Å². The summed E-state index contributed by atoms with van der Waals surface area (Å²) >= 11 is 1.26. The van der Waals surface area contributed by atoms with Crippen LogP contribution in [0.4, 0.5) is 15.8 Å². The monoisotopic (exact) mass is 370 g/mol. The van der Waals surface area contributed by atoms with Crippen molar-refractivity contribution in [2.75, 3.05) is 10.6 Å². The summed E-state index contributed by atoms with van der Waals surface area (Å²) in [5.41, 5.74) is 1.31. The standard InChI is InChI=1S/C19H15FN2O3S/c1-10-2-4-15(25-10)16-5-6-17(26-16)19(24)22-14-9-13-11(8-12(14)20)3-7-18(23)21-13/h2,4-6,8-9H,3,7H2,1H3,(H,21,23)(H,22,24). The summed E-state index contributed by atoms with van der Waals surface area (Å²) in [6, 6.07) is 9.98. The van der Waals surface area contributed by atoms with E-state index >= 15 is 0 Å². The molecule has 4 rings (SSSR count). The van der Waals surface area contributed by atoms with E-state index in [1.54, 1.807) is 12.1 Å². The first-order valence-electron chi connectivity index (χ1n) is 8.10. The van der Waals surface area contributed by atoms with Crippen molar-refractivity contribution in [1.82, 2.24) is 0 Å². The van der Waals surface area contributed by atoms with Crippen LogP contribution in [0.2, 0.25) is 0 Å². The number of amides is 2. The highest BCUT2D eigenvalue weighted by Crippen LogP contribution is 2.32. The van der Waals surface area contributed by atoms with Gasteiger partial charge in [-0.25, -0.2) is 4.39 Å². The number of aryl methyl sites for hydroxylation is 2. The van der Waals surface area contributed by atoms with Crippen molar-refractivity contribution in [1.29, 1.82) is 0 Å². The number of rotatable bonds is 3. The fraction of sp³-hybridized carbons (Fsp3) is 0.158. The van der Waals surface area contributed by atoms with Gasteiger partial charge in [0.15, 0.2) is 0 Å². The predicted octanol–water partition coefficient (Wildman–Crippen LogP) is 4.59. The van der Waals surface area contributed by atoms with Crippen LogP contribution in [-0.4, -0.2) is 11.8 Å². The Morgan fingerprint density at radius 3 is 2.85 bits per heavy atom. The van der Waals surface area contributed by atoms with Crippen molar-refractivity contribution in [3.63, 3.8) is 0 Å². The third-order valence-electron chi connectivity index (χ3n) is 4.15. The maximum Gasteiger partial charge on any atom is 0.265 e. The summed E-state index contributed by atoms with van der Waals surface area (Å²) < 4.78 is 19.8. The van der Waals surface area contributed by atoms with Crippen LogP contribution < -0.4 is 10.6 Å². The number of thiophene rings is 1. The SMILES string of the molecule is Cc1ccc(-c2ccc(C(=O)Nc3cc4c(cc3F)CCC(=O)N4)s2)o1. The Balaban J connectivity index is 1.56. The first-order chi connectivity index (χ1) is 12.5. The van der Waals surface area contributed by atoms with Crippen molar-refractivity contribution >= 4 is 34.5 Å². The number of hydrogen-bond acceptors (Lipinski definition) is 4. The summed E-state index contributed by atoms with van der Waals surface area (Å²) in [6.07, 6.45) is 0.825. The minimum absolute atomic E-state index is 0.0414. The zero-order valence-corrected chi connectivity index (χ0v) is 14.7. The fourth-order valence-corrected chi connectivity index (χ4v) is 3.70. The lowest BCUT2D eigenvalue weighted by Crippen LogP contribution is -2.20. The first-order valence-corrected chi connectivity index (χ1v) is 8.91. The number of nitrogens with one attached hydrogen (secondary N) is 2. The van der Waals surface area contributed by atoms with Crippen molar-refractivity contribution in [2.45, 2.75) is 19.8 Å². The van der Waals surface area contributed by atoms with Crippen LogP contribution in [0, 0.1) is 12.7 Å². The summed E-state index contributed by atoms with van der Waals surface area (Å²) in [5.74, 6) is 0.432. The van der Waals surface area contributed by atoms with Crippen molar-refractivity contribution in [2.24, 2.45) is 0 Å². The van der Waals surface area contributed by atoms with Crippen LogP contribution in [0.3, 0.4) is 0 Å². The third kappa shape index (κ3) is 3.13. The highest BCUT2D eigenvalue weighted by Gasteiger charge is 2.19. The van der Waals surface area contributed by atoms with Crippen molar-refractivity contribution < 1.29 is 18.4 Å². The lowest BCUT2D eigenvalue weighted by molar-refractivity contribution is -0.116. The molecule has 2 aromatic heterocycles. The zero-order chi connectivity index (χ0) is 18.3. The second kappa shape index (κ2) is 6.42. The van der Waals surface area contributed by atoms with E-state index in [0.717, 1.165) is 16.2 Å². The number of halogens is 1. The molecule has 0 radical (unpaired) electrons. The van der Waals surface area contributed by atoms with Gasteiger partial charge >= 0.3 is 0 Å². The molecule has 0 atom stereocenters. The highest BCUT2D eigenvalue weighted by atomic mass is 32.1. The largest absolute Gasteiger partial charge is 0.461 e. The van der Waals surface area contributed by atoms with Crippen LogP contribution in [0.5, 0.6) is 0 Å². The normalized spacial score (nSPS) is 13.2. The minimum Gasteiger partial charge on any atom is -0.461 e. The Morgan fingerprint density at radius 2 is 2.08 bits per heavy atom. The average molecular weight is 370 g/mol. The van der Waals surface area contributed by atoms with E-state index in [2.05, 4.69) is 10.6 Å². The summed E-state index contributed by atoms with van der Waals surface area (Å²) in [7, 11) is 0. The quantitative estimate of drug-likeness (QED) is 0.708. The molecule has 1 aliphatic heterocycles. The van der Waals surface area contributed by atoms with Gasteiger partial charge in [0.1, 0.15) is 17.3 Å². The highest BCUT2D eigenvalue weighted by molar-refractivity contribution is 7.17. The molecule has 0 spiro atoms. The number of hydrogen-bond donors (Lipinski definition) is 2. The van der Waals surface area contributed by atoms with Gasteiger partial charge in [-0.15, -0.1) is 11.3 Å². The van der Waals surface area contributed by atoms with Gasteiger partial charge < -0.3 is 15.1 Å². The van der Waals surface area contributed by atoms with E-state index in [1.807, 2.05) is 19.1 Å². The minimum atomic E-state index is -0.522. The van der Waals surface area contributed by atoms with Gasteiger partial charge in [0.2, 0.25) is 5.91 Å². The zero-order valence-electron chi connectivity index (χ0n) is 13.9. The molecule has 5 nitrogen and oxygen atoms in total. The molecule has 0 unspecified atom stereocenters. The molecule has 7 heteroatoms. The van der Waals surface area contributed by atoms with Crippen LogP contribution in [0.25, 0.3) is 10.6 Å². The van der Waals surface area contributed by atoms with Crippen LogP contribution in [0.15, 0.2) is 40.8 Å². The molecule has 2 N–H and O–H groups in total. The van der Waals surface area contributed by atoms with Crippen LogP contribution in [-0.2, 0) is 11.2 Å². The van der Waals surface area contributed by atoms with Crippen LogP contribution >= 0.6 is 11.3 Å². The summed E-state index contributed by atoms with van der Waals surface area (Å²) in [6.45, 7) is 1.85. The molecule has 2 amide bonds. The van der Waals surface area contributed by atoms with E-state index in [9.17, 15) is 14.0 Å². The first kappa shape index (κ1) is 16.5. The Hall–Kier alpha value is -2.93. The van der Waals surface area contributed by atoms with Gasteiger partial charge in [0, 0.05) is 12.1 Å². The van der Waals surface area contributed by atoms with Crippen molar-refractivity contribution in [3.8, 4) is 10.6 Å². The maximum absolute atomic E-state index is 14.3. The second-order valence-electron chi connectivity index (χ2n) is 6.07. The number of furan rings is 1. The van der Waals surface area contributed by atoms with Gasteiger partial charge in [0.25, 0.3) is 5.91 Å². The topological polar surface area (TPSA) is 71.3 Å². The van der Waals surface area contributed by atoms with Gasteiger partial charge in [0.05, 0.1) is 15.4 Å². The molecule has 0 aliphatic carbocycles. The Labute approximate surface area is 152 Å². The van der Waals surface area contributed by atoms with E-state index in [0.29, 0.717) is 29.2 Å². The average Bonchev–Trinajstić information content (AvgIpc) is 3.25. The number of anilines is 2. The molecule has 1 aromatic carbocycles. The molecule has 3 heterocycles. The summed E-state index contributed by atoms with van der Waals surface area (Å²) in [5, 5.41) is 5.28. The molecule has 3 aromatic rings. The van der Waals surface area contributed by atoms with E-state index in [4.69, 9.17) is 4.42 Å². The number of fused-ring (bicyclic) bond motifs is 1. The molecule has 132 valence electrons. The lowest BCUT2D eigenvalue weighted by Gasteiger charge is -2.18. The van der Waals surface area contributed by atoms with E-state index in [-0.39, 0.29) is 11.6 Å². The van der Waals surface area contributed by atoms with E-state index < -0.39 is 11.7 Å². The molecule has 0 saturated carbocycles. The molecule has 1 aliphatic rings. The van der Waals surface area contributed by atoms with E-state index in [1.165, 1.54) is 23.5 Å². The number of carbonyl (C=O) groups is 2. The molecule has 0 fully saturated rings. The van der Waals surface area contributed by atoms with Gasteiger partial charge in [-0.3, -0.25) is 9.59 Å². The predicted molar refractivity (Wildman–Crippen MR) is 98.1 cm³/mol. The Kier molecular flexibility index (Phi) is 4.08.